The minimum atomic E-state index is -0.611. The van der Waals surface area contributed by atoms with Gasteiger partial charge < -0.3 is 21.1 Å². The Bertz CT molecular complexity index is 1450. The van der Waals surface area contributed by atoms with Crippen LogP contribution in [0.5, 0.6) is 0 Å². The van der Waals surface area contributed by atoms with Crippen LogP contribution >= 0.6 is 0 Å². The Labute approximate surface area is 206 Å². The third-order valence-corrected chi connectivity index (χ3v) is 6.13. The highest BCUT2D eigenvalue weighted by molar-refractivity contribution is 6.01. The number of aromatic nitrogens is 7. The first-order chi connectivity index (χ1) is 17.3. The van der Waals surface area contributed by atoms with E-state index in [0.29, 0.717) is 48.2 Å². The zero-order valence-electron chi connectivity index (χ0n) is 19.8. The lowest BCUT2D eigenvalue weighted by Crippen LogP contribution is -2.30. The Morgan fingerprint density at radius 1 is 1.25 bits per heavy atom. The quantitative estimate of drug-likeness (QED) is 0.336. The number of nitrogens with two attached hydrogens (primary N) is 1. The van der Waals surface area contributed by atoms with Crippen molar-refractivity contribution in [3.8, 4) is 17.3 Å². The third-order valence-electron chi connectivity index (χ3n) is 6.13. The van der Waals surface area contributed by atoms with Crippen LogP contribution in [0.3, 0.4) is 0 Å². The van der Waals surface area contributed by atoms with Crippen molar-refractivity contribution in [2.45, 2.75) is 32.5 Å². The number of carbonyl (C=O) groups excluding carboxylic acids is 1. The van der Waals surface area contributed by atoms with E-state index >= 15 is 0 Å². The fourth-order valence-electron chi connectivity index (χ4n) is 4.31. The number of carbonyl (C=O) groups is 1. The topological polar surface area (TPSA) is 176 Å². The van der Waals surface area contributed by atoms with Crippen molar-refractivity contribution in [1.29, 1.82) is 5.26 Å². The van der Waals surface area contributed by atoms with E-state index in [2.05, 4.69) is 32.4 Å². The summed E-state index contributed by atoms with van der Waals surface area (Å²) in [7, 11) is 0. The van der Waals surface area contributed by atoms with Crippen LogP contribution in [0.15, 0.2) is 37.2 Å². The van der Waals surface area contributed by atoms with E-state index < -0.39 is 12.0 Å². The van der Waals surface area contributed by atoms with Gasteiger partial charge in [0, 0.05) is 30.9 Å². The molecule has 1 aliphatic rings. The molecule has 0 aliphatic carbocycles. The molecule has 4 aromatic heterocycles. The zero-order valence-corrected chi connectivity index (χ0v) is 19.8. The average Bonchev–Trinajstić information content (AvgIpc) is 3.57. The summed E-state index contributed by atoms with van der Waals surface area (Å²) in [5.74, 6) is 0.114. The van der Waals surface area contributed by atoms with E-state index in [1.807, 2.05) is 11.0 Å². The van der Waals surface area contributed by atoms with Crippen LogP contribution in [0.4, 0.5) is 11.6 Å². The highest BCUT2D eigenvalue weighted by atomic mass is 16.3. The Morgan fingerprint density at radius 2 is 2.03 bits per heavy atom. The number of nitriles is 1. The molecule has 5 heterocycles. The third kappa shape index (κ3) is 4.41. The number of aliphatic hydroxyl groups excluding tert-OH is 1. The van der Waals surface area contributed by atoms with Crippen LogP contribution in [-0.2, 0) is 6.54 Å². The van der Waals surface area contributed by atoms with Crippen molar-refractivity contribution in [3.63, 3.8) is 0 Å². The first kappa shape index (κ1) is 23.2. The minimum Gasteiger partial charge on any atom is -0.391 e. The predicted molar refractivity (Wildman–Crippen MR) is 130 cm³/mol. The fourth-order valence-corrected chi connectivity index (χ4v) is 4.31. The number of nitrogens with one attached hydrogen (secondary N) is 1. The van der Waals surface area contributed by atoms with Gasteiger partial charge in [0.05, 0.1) is 66.1 Å². The van der Waals surface area contributed by atoms with Crippen LogP contribution < -0.4 is 16.0 Å². The number of hydrogen-bond donors (Lipinski definition) is 3. The molecule has 3 atom stereocenters. The molecular formula is C23H25N11O2. The van der Waals surface area contributed by atoms with Gasteiger partial charge in [-0.25, -0.2) is 19.5 Å². The first-order valence-electron chi connectivity index (χ1n) is 11.4. The molecule has 36 heavy (non-hydrogen) atoms. The highest BCUT2D eigenvalue weighted by Gasteiger charge is 2.32. The van der Waals surface area contributed by atoms with Crippen molar-refractivity contribution in [3.05, 3.63) is 48.3 Å². The number of primary amides is 1. The molecule has 4 aromatic rings. The van der Waals surface area contributed by atoms with Gasteiger partial charge in [-0.05, 0) is 12.8 Å². The zero-order chi connectivity index (χ0) is 25.4. The monoisotopic (exact) mass is 487 g/mol. The Kier molecular flexibility index (Phi) is 5.95. The molecule has 0 spiro atoms. The summed E-state index contributed by atoms with van der Waals surface area (Å²) in [6, 6.07) is 1.97. The van der Waals surface area contributed by atoms with Crippen molar-refractivity contribution < 1.29 is 9.90 Å². The molecule has 4 N–H and O–H groups in total. The molecule has 1 aliphatic heterocycles. The second-order valence-electron chi connectivity index (χ2n) is 9.01. The van der Waals surface area contributed by atoms with E-state index in [1.54, 1.807) is 34.7 Å². The second kappa shape index (κ2) is 9.23. The van der Waals surface area contributed by atoms with Crippen LogP contribution in [0.25, 0.3) is 16.9 Å². The molecule has 0 unspecified atom stereocenters. The molecule has 1 saturated heterocycles. The number of imidazole rings is 1. The summed E-state index contributed by atoms with van der Waals surface area (Å²) in [5, 5.41) is 30.7. The average molecular weight is 488 g/mol. The van der Waals surface area contributed by atoms with Crippen molar-refractivity contribution in [2.75, 3.05) is 23.3 Å². The molecular weight excluding hydrogens is 462 g/mol. The van der Waals surface area contributed by atoms with Crippen LogP contribution in [0.1, 0.15) is 29.8 Å². The Hall–Kier alpha value is -4.57. The van der Waals surface area contributed by atoms with Gasteiger partial charge in [-0.15, -0.1) is 0 Å². The Balaban J connectivity index is 1.45. The van der Waals surface area contributed by atoms with Gasteiger partial charge in [0.25, 0.3) is 5.91 Å². The summed E-state index contributed by atoms with van der Waals surface area (Å²) in [6.45, 7) is 5.43. The predicted octanol–water partition coefficient (Wildman–Crippen LogP) is 0.671. The van der Waals surface area contributed by atoms with E-state index in [1.165, 1.54) is 18.6 Å². The van der Waals surface area contributed by atoms with Gasteiger partial charge in [0.15, 0.2) is 5.65 Å². The molecule has 1 fully saturated rings. The second-order valence-corrected chi connectivity index (χ2v) is 9.01. The number of amides is 1. The minimum absolute atomic E-state index is 0.0533. The highest BCUT2D eigenvalue weighted by Crippen LogP contribution is 2.29. The lowest BCUT2D eigenvalue weighted by atomic mass is 10.1. The van der Waals surface area contributed by atoms with Gasteiger partial charge in [0.1, 0.15) is 6.07 Å². The molecule has 0 saturated carbocycles. The normalized spacial score (nSPS) is 18.3. The number of nitrogens with zero attached hydrogens (tertiary/aromatic N) is 9. The lowest BCUT2D eigenvalue weighted by Gasteiger charge is -2.20. The van der Waals surface area contributed by atoms with Crippen molar-refractivity contribution in [1.82, 2.24) is 34.3 Å². The SMILES string of the molecule is C[C@H](O)Cn1cc(-c2cn3ncc(C(N)=O)c(N[C@@H]4CN(c5ncc(C#N)cn5)C[C@@H]4C)c3n2)cn1. The molecule has 0 radical (unpaired) electrons. The van der Waals surface area contributed by atoms with Gasteiger partial charge in [-0.2, -0.15) is 15.5 Å². The molecule has 13 heteroatoms. The molecule has 5 rings (SSSR count). The molecule has 184 valence electrons. The van der Waals surface area contributed by atoms with E-state index in [0.717, 1.165) is 5.56 Å². The largest absolute Gasteiger partial charge is 0.391 e. The van der Waals surface area contributed by atoms with E-state index in [-0.39, 0.29) is 17.5 Å². The van der Waals surface area contributed by atoms with Gasteiger partial charge in [-0.3, -0.25) is 9.48 Å². The van der Waals surface area contributed by atoms with Crippen molar-refractivity contribution in [2.24, 2.45) is 11.7 Å². The number of aliphatic hydroxyl groups is 1. The number of fused-ring (bicyclic) bond motifs is 1. The van der Waals surface area contributed by atoms with Crippen LogP contribution in [-0.4, -0.2) is 70.6 Å². The molecule has 0 aromatic carbocycles. The van der Waals surface area contributed by atoms with E-state index in [9.17, 15) is 9.90 Å². The number of anilines is 2. The fraction of sp³-hybridized carbons (Fsp3) is 0.348. The summed E-state index contributed by atoms with van der Waals surface area (Å²) < 4.78 is 3.24. The summed E-state index contributed by atoms with van der Waals surface area (Å²) in [6.07, 6.45) is 9.12. The van der Waals surface area contributed by atoms with Gasteiger partial charge in [0.2, 0.25) is 5.95 Å². The smallest absolute Gasteiger partial charge is 0.252 e. The lowest BCUT2D eigenvalue weighted by molar-refractivity contribution is 0.100. The molecule has 13 nitrogen and oxygen atoms in total. The van der Waals surface area contributed by atoms with Gasteiger partial charge >= 0.3 is 0 Å². The maximum atomic E-state index is 12.3. The standard InChI is InChI=1S/C23H25N11O2/c1-13-8-32(23-26-4-15(3-24)5-27-23)11-18(13)30-20-17(21(25)36)7-29-34-12-19(31-22(20)34)16-6-28-33(10-16)9-14(2)35/h4-7,10,12-14,18,30,35H,8-9,11H2,1-2H3,(H2,25,36)/t13-,14-,18+/m0/s1. The maximum Gasteiger partial charge on any atom is 0.252 e. The van der Waals surface area contributed by atoms with Crippen molar-refractivity contribution >= 4 is 23.2 Å². The van der Waals surface area contributed by atoms with Gasteiger partial charge in [-0.1, -0.05) is 6.92 Å². The van der Waals surface area contributed by atoms with Crippen LogP contribution in [0, 0.1) is 17.2 Å². The van der Waals surface area contributed by atoms with Crippen LogP contribution in [0.2, 0.25) is 0 Å². The molecule has 0 bridgehead atoms. The first-order valence-corrected chi connectivity index (χ1v) is 11.4. The molecule has 1 amide bonds. The number of rotatable bonds is 7. The van der Waals surface area contributed by atoms with E-state index in [4.69, 9.17) is 16.0 Å². The number of hydrogen-bond acceptors (Lipinski definition) is 10. The summed E-state index contributed by atoms with van der Waals surface area (Å²) >= 11 is 0. The Morgan fingerprint density at radius 3 is 2.72 bits per heavy atom. The summed E-state index contributed by atoms with van der Waals surface area (Å²) in [5.41, 5.74) is 8.66. The summed E-state index contributed by atoms with van der Waals surface area (Å²) in [4.78, 5) is 27.6. The maximum absolute atomic E-state index is 12.3.